The van der Waals surface area contributed by atoms with Crippen LogP contribution in [0.15, 0.2) is 36.7 Å². The molecular formula is C24H24F3N7O2. The molecule has 2 amide bonds. The first kappa shape index (κ1) is 24.8. The van der Waals surface area contributed by atoms with Gasteiger partial charge in [0.2, 0.25) is 0 Å². The smallest absolute Gasteiger partial charge is 0.383 e. The molecule has 4 rings (SSSR count). The van der Waals surface area contributed by atoms with E-state index in [-0.39, 0.29) is 35.6 Å². The van der Waals surface area contributed by atoms with Crippen molar-refractivity contribution < 1.29 is 22.8 Å². The molecule has 4 N–H and O–H groups in total. The summed E-state index contributed by atoms with van der Waals surface area (Å²) in [6.45, 7) is 2.77. The number of halogens is 3. The maximum Gasteiger partial charge on any atom is 0.416 e. The van der Waals surface area contributed by atoms with Gasteiger partial charge in [0.15, 0.2) is 0 Å². The third-order valence-electron chi connectivity index (χ3n) is 6.06. The fourth-order valence-corrected chi connectivity index (χ4v) is 4.23. The van der Waals surface area contributed by atoms with E-state index in [2.05, 4.69) is 22.0 Å². The second-order valence-corrected chi connectivity index (χ2v) is 8.44. The number of primary amides is 1. The van der Waals surface area contributed by atoms with Crippen LogP contribution in [0.25, 0.3) is 11.3 Å². The Hall–Kier alpha value is -4.27. The zero-order valence-corrected chi connectivity index (χ0v) is 19.4. The van der Waals surface area contributed by atoms with Crippen LogP contribution in [0.4, 0.5) is 19.0 Å². The SMILES string of the molecule is CC#CC(=O)N1CCC(n2nc(-c3cnn(Cc4ccc(C(F)(F)F)cc4)c3)c(C(N)=O)c2N)CC1. The third kappa shape index (κ3) is 5.05. The Balaban J connectivity index is 1.55. The number of alkyl halides is 3. The fraction of sp³-hybridized carbons (Fsp3) is 0.333. The molecule has 0 spiro atoms. The maximum absolute atomic E-state index is 12.8. The first-order valence-electron chi connectivity index (χ1n) is 11.2. The summed E-state index contributed by atoms with van der Waals surface area (Å²) in [6, 6.07) is 4.66. The second-order valence-electron chi connectivity index (χ2n) is 8.44. The van der Waals surface area contributed by atoms with Crippen LogP contribution in [0.3, 0.4) is 0 Å². The molecule has 3 heterocycles. The lowest BCUT2D eigenvalue weighted by Crippen LogP contribution is -2.38. The van der Waals surface area contributed by atoms with Gasteiger partial charge in [-0.05, 0) is 43.4 Å². The zero-order valence-electron chi connectivity index (χ0n) is 19.4. The minimum Gasteiger partial charge on any atom is -0.383 e. The summed E-state index contributed by atoms with van der Waals surface area (Å²) in [5.41, 5.74) is 12.6. The number of nitrogens with zero attached hydrogens (tertiary/aromatic N) is 5. The van der Waals surface area contributed by atoms with Crippen LogP contribution < -0.4 is 11.5 Å². The molecule has 2 aromatic heterocycles. The first-order chi connectivity index (χ1) is 17.1. The van der Waals surface area contributed by atoms with E-state index < -0.39 is 17.6 Å². The van der Waals surface area contributed by atoms with Crippen molar-refractivity contribution in [1.82, 2.24) is 24.5 Å². The van der Waals surface area contributed by atoms with Crippen LogP contribution >= 0.6 is 0 Å². The van der Waals surface area contributed by atoms with Crippen molar-refractivity contribution in [1.29, 1.82) is 0 Å². The molecule has 3 aromatic rings. The molecule has 0 atom stereocenters. The largest absolute Gasteiger partial charge is 0.416 e. The molecule has 9 nitrogen and oxygen atoms in total. The van der Waals surface area contributed by atoms with Gasteiger partial charge in [-0.3, -0.25) is 14.3 Å². The number of hydrogen-bond acceptors (Lipinski definition) is 5. The van der Waals surface area contributed by atoms with Crippen molar-refractivity contribution in [3.8, 4) is 23.1 Å². The number of aromatic nitrogens is 4. The number of piperidine rings is 1. The summed E-state index contributed by atoms with van der Waals surface area (Å²) < 4.78 is 41.5. The van der Waals surface area contributed by atoms with E-state index in [1.54, 1.807) is 22.7 Å². The topological polar surface area (TPSA) is 125 Å². The highest BCUT2D eigenvalue weighted by atomic mass is 19.4. The van der Waals surface area contributed by atoms with Gasteiger partial charge in [0.25, 0.3) is 11.8 Å². The van der Waals surface area contributed by atoms with Crippen molar-refractivity contribution in [2.75, 3.05) is 18.8 Å². The predicted octanol–water partition coefficient (Wildman–Crippen LogP) is 2.68. The van der Waals surface area contributed by atoms with Crippen LogP contribution in [-0.2, 0) is 17.5 Å². The molecule has 1 aliphatic rings. The number of benzene rings is 1. The average Bonchev–Trinajstić information content (AvgIpc) is 3.43. The normalized spacial score (nSPS) is 14.4. The number of anilines is 1. The summed E-state index contributed by atoms with van der Waals surface area (Å²) in [5.74, 6) is 4.29. The van der Waals surface area contributed by atoms with Gasteiger partial charge in [0, 0.05) is 24.8 Å². The molecule has 1 aromatic carbocycles. The molecule has 1 aliphatic heterocycles. The monoisotopic (exact) mass is 499 g/mol. The lowest BCUT2D eigenvalue weighted by Gasteiger charge is -2.31. The fourth-order valence-electron chi connectivity index (χ4n) is 4.23. The van der Waals surface area contributed by atoms with Gasteiger partial charge in [-0.2, -0.15) is 23.4 Å². The Bertz CT molecular complexity index is 1340. The molecule has 36 heavy (non-hydrogen) atoms. The van der Waals surface area contributed by atoms with Gasteiger partial charge in [-0.25, -0.2) is 4.68 Å². The minimum absolute atomic E-state index is 0.0689. The molecule has 0 aliphatic carbocycles. The van der Waals surface area contributed by atoms with Crippen molar-refractivity contribution in [2.24, 2.45) is 5.73 Å². The molecule has 0 bridgehead atoms. The van der Waals surface area contributed by atoms with Gasteiger partial charge in [0.1, 0.15) is 17.1 Å². The van der Waals surface area contributed by atoms with Gasteiger partial charge >= 0.3 is 6.18 Å². The third-order valence-corrected chi connectivity index (χ3v) is 6.06. The number of amides is 2. The van der Waals surface area contributed by atoms with Crippen molar-refractivity contribution in [2.45, 2.75) is 38.5 Å². The Kier molecular flexibility index (Phi) is 6.74. The standard InChI is InChI=1S/C24H24F3N7O2/c1-2-3-19(35)32-10-8-18(9-11-32)34-22(28)20(23(29)36)21(31-34)16-12-30-33(14-16)13-15-4-6-17(7-5-15)24(25,26)27/h4-7,12,14,18H,8-11,13,28H2,1H3,(H2,29,36). The van der Waals surface area contributed by atoms with Gasteiger partial charge in [0.05, 0.1) is 24.3 Å². The molecule has 188 valence electrons. The van der Waals surface area contributed by atoms with E-state index in [0.29, 0.717) is 37.1 Å². The van der Waals surface area contributed by atoms with E-state index in [9.17, 15) is 22.8 Å². The van der Waals surface area contributed by atoms with E-state index in [1.807, 2.05) is 0 Å². The van der Waals surface area contributed by atoms with E-state index in [1.165, 1.54) is 23.0 Å². The lowest BCUT2D eigenvalue weighted by atomic mass is 10.0. The van der Waals surface area contributed by atoms with Gasteiger partial charge < -0.3 is 16.4 Å². The van der Waals surface area contributed by atoms with Gasteiger partial charge in [-0.1, -0.05) is 18.1 Å². The number of nitrogens with two attached hydrogens (primary N) is 2. The molecule has 0 unspecified atom stereocenters. The van der Waals surface area contributed by atoms with E-state index >= 15 is 0 Å². The molecule has 0 radical (unpaired) electrons. The van der Waals surface area contributed by atoms with Crippen molar-refractivity contribution in [3.05, 3.63) is 53.3 Å². The average molecular weight is 499 g/mol. The zero-order chi connectivity index (χ0) is 26.0. The van der Waals surface area contributed by atoms with Crippen LogP contribution in [0.5, 0.6) is 0 Å². The lowest BCUT2D eigenvalue weighted by molar-refractivity contribution is -0.137. The Morgan fingerprint density at radius 1 is 1.17 bits per heavy atom. The second kappa shape index (κ2) is 9.77. The Morgan fingerprint density at radius 2 is 1.83 bits per heavy atom. The highest BCUT2D eigenvalue weighted by Crippen LogP contribution is 2.33. The van der Waals surface area contributed by atoms with E-state index in [0.717, 1.165) is 12.1 Å². The summed E-state index contributed by atoms with van der Waals surface area (Å²) in [7, 11) is 0. The predicted molar refractivity (Wildman–Crippen MR) is 125 cm³/mol. The summed E-state index contributed by atoms with van der Waals surface area (Å²) >= 11 is 0. The summed E-state index contributed by atoms with van der Waals surface area (Å²) in [4.78, 5) is 25.9. The van der Waals surface area contributed by atoms with Crippen LogP contribution in [0, 0.1) is 11.8 Å². The maximum atomic E-state index is 12.8. The Morgan fingerprint density at radius 3 is 2.42 bits per heavy atom. The summed E-state index contributed by atoms with van der Waals surface area (Å²) in [5, 5.41) is 8.82. The van der Waals surface area contributed by atoms with E-state index in [4.69, 9.17) is 11.5 Å². The minimum atomic E-state index is -4.41. The molecule has 1 fully saturated rings. The highest BCUT2D eigenvalue weighted by molar-refractivity contribution is 6.03. The number of carbonyl (C=O) groups excluding carboxylic acids is 2. The Labute approximate surface area is 204 Å². The van der Waals surface area contributed by atoms with Crippen molar-refractivity contribution in [3.63, 3.8) is 0 Å². The quantitative estimate of drug-likeness (QED) is 0.522. The molecular weight excluding hydrogens is 475 g/mol. The number of carbonyl (C=O) groups is 2. The number of nitrogen functional groups attached to an aromatic ring is 1. The van der Waals surface area contributed by atoms with Crippen molar-refractivity contribution >= 4 is 17.6 Å². The summed E-state index contributed by atoms with van der Waals surface area (Å²) in [6.07, 6.45) is -0.132. The van der Waals surface area contributed by atoms with Crippen LogP contribution in [0.1, 0.15) is 47.3 Å². The molecule has 0 saturated carbocycles. The molecule has 12 heteroatoms. The van der Waals surface area contributed by atoms with Gasteiger partial charge in [-0.15, -0.1) is 0 Å². The first-order valence-corrected chi connectivity index (χ1v) is 11.2. The highest BCUT2D eigenvalue weighted by Gasteiger charge is 2.31. The van der Waals surface area contributed by atoms with Crippen LogP contribution in [-0.4, -0.2) is 49.4 Å². The number of rotatable bonds is 5. The van der Waals surface area contributed by atoms with Crippen LogP contribution in [0.2, 0.25) is 0 Å². The number of hydrogen-bond donors (Lipinski definition) is 2. The molecule has 1 saturated heterocycles. The number of likely N-dealkylation sites (tertiary alicyclic amines) is 1.